The first-order chi connectivity index (χ1) is 8.61. The van der Waals surface area contributed by atoms with Gasteiger partial charge in [-0.15, -0.1) is 5.10 Å². The molecule has 0 aliphatic carbocycles. The molecule has 100 valence electrons. The molecule has 1 aromatic rings. The number of unbranched alkanes of at least 4 members (excludes halogenated alkanes) is 1. The number of hydrogen-bond acceptors (Lipinski definition) is 5. The third kappa shape index (κ3) is 5.39. The van der Waals surface area contributed by atoms with Gasteiger partial charge in [0.25, 0.3) is 0 Å². The molecule has 8 nitrogen and oxygen atoms in total. The Hall–Kier alpha value is -1.96. The van der Waals surface area contributed by atoms with Crippen LogP contribution in [0.4, 0.5) is 0 Å². The summed E-state index contributed by atoms with van der Waals surface area (Å²) in [6, 6.07) is 0. The van der Waals surface area contributed by atoms with Crippen LogP contribution < -0.4 is 11.1 Å². The first-order valence-electron chi connectivity index (χ1n) is 5.69. The van der Waals surface area contributed by atoms with Crippen LogP contribution in [0.5, 0.6) is 0 Å². The maximum absolute atomic E-state index is 11.5. The Morgan fingerprint density at radius 3 is 2.83 bits per heavy atom. The van der Waals surface area contributed by atoms with Gasteiger partial charge in [-0.25, -0.2) is 4.68 Å². The minimum absolute atomic E-state index is 0.0892. The van der Waals surface area contributed by atoms with Crippen molar-refractivity contribution in [1.29, 1.82) is 0 Å². The third-order valence-corrected chi connectivity index (χ3v) is 2.24. The smallest absolute Gasteiger partial charge is 0.303 e. The molecule has 1 rings (SSSR count). The van der Waals surface area contributed by atoms with Crippen molar-refractivity contribution >= 4 is 11.9 Å². The Morgan fingerprint density at radius 1 is 1.44 bits per heavy atom. The van der Waals surface area contributed by atoms with E-state index in [1.54, 1.807) is 6.20 Å². The maximum atomic E-state index is 11.5. The minimum atomic E-state index is -0.821. The zero-order valence-corrected chi connectivity index (χ0v) is 10.0. The number of carbonyl (C=O) groups is 2. The lowest BCUT2D eigenvalue weighted by molar-refractivity contribution is -0.137. The zero-order valence-electron chi connectivity index (χ0n) is 10.0. The lowest BCUT2D eigenvalue weighted by Crippen LogP contribution is -2.28. The van der Waals surface area contributed by atoms with Crippen molar-refractivity contribution in [3.8, 4) is 0 Å². The Morgan fingerprint density at radius 2 is 2.22 bits per heavy atom. The van der Waals surface area contributed by atoms with Crippen molar-refractivity contribution in [2.45, 2.75) is 32.4 Å². The lowest BCUT2D eigenvalue weighted by atomic mass is 10.2. The van der Waals surface area contributed by atoms with Crippen LogP contribution in [-0.4, -0.2) is 38.5 Å². The molecule has 0 aromatic carbocycles. The molecular weight excluding hydrogens is 238 g/mol. The predicted molar refractivity (Wildman–Crippen MR) is 62.4 cm³/mol. The second-order valence-electron chi connectivity index (χ2n) is 3.81. The molecule has 0 unspecified atom stereocenters. The van der Waals surface area contributed by atoms with Crippen LogP contribution in [0.15, 0.2) is 6.20 Å². The Bertz CT molecular complexity index is 404. The largest absolute Gasteiger partial charge is 0.481 e. The van der Waals surface area contributed by atoms with E-state index < -0.39 is 5.97 Å². The zero-order chi connectivity index (χ0) is 13.4. The summed E-state index contributed by atoms with van der Waals surface area (Å²) in [5.74, 6) is -1.00. The number of rotatable bonds is 8. The number of nitrogens with one attached hydrogen (secondary N) is 1. The van der Waals surface area contributed by atoms with Crippen LogP contribution in [0.2, 0.25) is 0 Å². The van der Waals surface area contributed by atoms with Gasteiger partial charge in [-0.1, -0.05) is 5.21 Å². The number of aliphatic carboxylic acids is 1. The van der Waals surface area contributed by atoms with Gasteiger partial charge in [0.15, 0.2) is 0 Å². The summed E-state index contributed by atoms with van der Waals surface area (Å²) in [7, 11) is 0. The van der Waals surface area contributed by atoms with Gasteiger partial charge in [0.05, 0.1) is 11.9 Å². The number of amides is 1. The van der Waals surface area contributed by atoms with E-state index in [0.29, 0.717) is 25.1 Å². The number of hydrogen-bond donors (Lipinski definition) is 3. The van der Waals surface area contributed by atoms with Gasteiger partial charge in [0.1, 0.15) is 6.54 Å². The second kappa shape index (κ2) is 7.38. The van der Waals surface area contributed by atoms with Crippen LogP contribution in [-0.2, 0) is 22.7 Å². The Labute approximate surface area is 104 Å². The van der Waals surface area contributed by atoms with Crippen LogP contribution in [0.25, 0.3) is 0 Å². The van der Waals surface area contributed by atoms with E-state index in [2.05, 4.69) is 15.6 Å². The fraction of sp³-hybridized carbons (Fsp3) is 0.600. The first kappa shape index (κ1) is 14.1. The number of aromatic nitrogens is 3. The minimum Gasteiger partial charge on any atom is -0.481 e. The lowest BCUT2D eigenvalue weighted by Gasteiger charge is -2.03. The fourth-order valence-electron chi connectivity index (χ4n) is 1.34. The van der Waals surface area contributed by atoms with E-state index in [9.17, 15) is 9.59 Å². The Balaban J connectivity index is 2.15. The number of carboxylic acid groups (broad SMARTS) is 1. The van der Waals surface area contributed by atoms with Gasteiger partial charge in [-0.2, -0.15) is 0 Å². The van der Waals surface area contributed by atoms with E-state index in [1.165, 1.54) is 4.68 Å². The van der Waals surface area contributed by atoms with Crippen molar-refractivity contribution in [2.24, 2.45) is 5.73 Å². The topological polar surface area (TPSA) is 123 Å². The predicted octanol–water partition coefficient (Wildman–Crippen LogP) is -0.892. The highest BCUT2D eigenvalue weighted by Gasteiger charge is 2.05. The number of nitrogens with two attached hydrogens (primary N) is 1. The van der Waals surface area contributed by atoms with Crippen LogP contribution >= 0.6 is 0 Å². The molecule has 1 amide bonds. The number of carboxylic acids is 1. The molecule has 0 saturated heterocycles. The van der Waals surface area contributed by atoms with E-state index in [-0.39, 0.29) is 25.4 Å². The highest BCUT2D eigenvalue weighted by atomic mass is 16.4. The number of nitrogens with zero attached hydrogens (tertiary/aromatic N) is 3. The summed E-state index contributed by atoms with van der Waals surface area (Å²) in [6.07, 6.45) is 2.93. The van der Waals surface area contributed by atoms with Crippen molar-refractivity contribution in [1.82, 2.24) is 20.3 Å². The van der Waals surface area contributed by atoms with Crippen molar-refractivity contribution in [3.63, 3.8) is 0 Å². The monoisotopic (exact) mass is 255 g/mol. The molecule has 0 fully saturated rings. The van der Waals surface area contributed by atoms with Gasteiger partial charge in [0.2, 0.25) is 5.91 Å². The van der Waals surface area contributed by atoms with Gasteiger partial charge in [0, 0.05) is 19.5 Å². The van der Waals surface area contributed by atoms with Gasteiger partial charge >= 0.3 is 5.97 Å². The Kier molecular flexibility index (Phi) is 5.78. The molecule has 0 spiro atoms. The maximum Gasteiger partial charge on any atom is 0.303 e. The van der Waals surface area contributed by atoms with E-state index in [1.807, 2.05) is 0 Å². The molecule has 4 N–H and O–H groups in total. The van der Waals surface area contributed by atoms with E-state index >= 15 is 0 Å². The summed E-state index contributed by atoms with van der Waals surface area (Å²) in [5, 5.41) is 18.6. The summed E-state index contributed by atoms with van der Waals surface area (Å²) in [4.78, 5) is 21.7. The summed E-state index contributed by atoms with van der Waals surface area (Å²) >= 11 is 0. The van der Waals surface area contributed by atoms with E-state index in [0.717, 1.165) is 0 Å². The molecule has 18 heavy (non-hydrogen) atoms. The molecule has 0 bridgehead atoms. The summed E-state index contributed by atoms with van der Waals surface area (Å²) in [6.45, 7) is 0.841. The molecule has 0 atom stereocenters. The standard InChI is InChI=1S/C10H17N5O3/c11-5-8-6-15(14-13-8)7-9(16)12-4-2-1-3-10(17)18/h6H,1-5,7,11H2,(H,12,16)(H,17,18). The number of carbonyl (C=O) groups excluding carboxylic acids is 1. The molecular formula is C10H17N5O3. The van der Waals surface area contributed by atoms with Crippen LogP contribution in [0, 0.1) is 0 Å². The molecule has 0 saturated carbocycles. The van der Waals surface area contributed by atoms with Crippen molar-refractivity contribution in [3.05, 3.63) is 11.9 Å². The average molecular weight is 255 g/mol. The first-order valence-corrected chi connectivity index (χ1v) is 5.69. The second-order valence-corrected chi connectivity index (χ2v) is 3.81. The average Bonchev–Trinajstić information content (AvgIpc) is 2.76. The van der Waals surface area contributed by atoms with Gasteiger partial charge < -0.3 is 16.2 Å². The quantitative estimate of drug-likeness (QED) is 0.518. The molecule has 0 aliphatic rings. The highest BCUT2D eigenvalue weighted by molar-refractivity contribution is 5.75. The fourth-order valence-corrected chi connectivity index (χ4v) is 1.34. The summed E-state index contributed by atoms with van der Waals surface area (Å²) < 4.78 is 1.41. The van der Waals surface area contributed by atoms with Crippen LogP contribution in [0.3, 0.4) is 0 Å². The molecule has 1 aromatic heterocycles. The van der Waals surface area contributed by atoms with E-state index in [4.69, 9.17) is 10.8 Å². The van der Waals surface area contributed by atoms with Crippen LogP contribution in [0.1, 0.15) is 25.0 Å². The summed E-state index contributed by atoms with van der Waals surface area (Å²) in [5.41, 5.74) is 6.00. The highest BCUT2D eigenvalue weighted by Crippen LogP contribution is 1.94. The normalized spacial score (nSPS) is 10.3. The molecule has 0 radical (unpaired) electrons. The third-order valence-electron chi connectivity index (χ3n) is 2.24. The molecule has 0 aliphatic heterocycles. The molecule has 1 heterocycles. The SMILES string of the molecule is NCc1cn(CC(=O)NCCCCC(=O)O)nn1. The van der Waals surface area contributed by atoms with Crippen molar-refractivity contribution < 1.29 is 14.7 Å². The molecule has 8 heteroatoms. The van der Waals surface area contributed by atoms with Crippen molar-refractivity contribution in [2.75, 3.05) is 6.54 Å². The van der Waals surface area contributed by atoms with Gasteiger partial charge in [-0.3, -0.25) is 9.59 Å². The van der Waals surface area contributed by atoms with Gasteiger partial charge in [-0.05, 0) is 12.8 Å².